The van der Waals surface area contributed by atoms with Crippen LogP contribution >= 0.6 is 0 Å². The topological polar surface area (TPSA) is 43.7 Å². The zero-order valence-electron chi connectivity index (χ0n) is 11.1. The third kappa shape index (κ3) is 3.37. The number of hydrogen-bond donors (Lipinski definition) is 2. The molecule has 0 aliphatic rings. The molecule has 1 aromatic carbocycles. The molecule has 0 bridgehead atoms. The molecule has 0 fully saturated rings. The lowest BCUT2D eigenvalue weighted by atomic mass is 10.0. The van der Waals surface area contributed by atoms with E-state index in [-0.39, 0.29) is 17.5 Å². The fourth-order valence-corrected chi connectivity index (χ4v) is 2.25. The van der Waals surface area contributed by atoms with Crippen molar-refractivity contribution in [3.63, 3.8) is 0 Å². The summed E-state index contributed by atoms with van der Waals surface area (Å²) in [6.07, 6.45) is 1.09. The van der Waals surface area contributed by atoms with E-state index in [1.54, 1.807) is 12.1 Å². The fraction of sp³-hybridized carbons (Fsp3) is 0.571. The summed E-state index contributed by atoms with van der Waals surface area (Å²) < 4.78 is 0. The number of rotatable bonds is 5. The van der Waals surface area contributed by atoms with Crippen molar-refractivity contribution in [3.05, 3.63) is 23.8 Å². The van der Waals surface area contributed by atoms with Gasteiger partial charge in [0.05, 0.1) is 0 Å². The smallest absolute Gasteiger partial charge is 0.119 e. The summed E-state index contributed by atoms with van der Waals surface area (Å²) in [7, 11) is 0. The maximum absolute atomic E-state index is 9.51. The molecule has 1 aromatic rings. The quantitative estimate of drug-likeness (QED) is 0.826. The highest BCUT2D eigenvalue weighted by Gasteiger charge is 2.19. The van der Waals surface area contributed by atoms with Gasteiger partial charge in [0.2, 0.25) is 0 Å². The van der Waals surface area contributed by atoms with E-state index in [4.69, 9.17) is 0 Å². The summed E-state index contributed by atoms with van der Waals surface area (Å²) in [6.45, 7) is 9.55. The van der Waals surface area contributed by atoms with Crippen LogP contribution in [0, 0.1) is 0 Å². The first-order valence-electron chi connectivity index (χ1n) is 6.28. The van der Waals surface area contributed by atoms with E-state index in [1.165, 1.54) is 6.07 Å². The summed E-state index contributed by atoms with van der Waals surface area (Å²) in [5.74, 6) is 0.235. The Balaban J connectivity index is 2.96. The monoisotopic (exact) mass is 237 g/mol. The van der Waals surface area contributed by atoms with Gasteiger partial charge in [0, 0.05) is 18.2 Å². The summed E-state index contributed by atoms with van der Waals surface area (Å²) in [6, 6.07) is 5.47. The van der Waals surface area contributed by atoms with Crippen molar-refractivity contribution in [2.45, 2.75) is 46.2 Å². The van der Waals surface area contributed by atoms with E-state index >= 15 is 0 Å². The first-order valence-corrected chi connectivity index (χ1v) is 6.28. The second kappa shape index (κ2) is 5.92. The van der Waals surface area contributed by atoms with Crippen LogP contribution < -0.4 is 0 Å². The van der Waals surface area contributed by atoms with Crippen molar-refractivity contribution in [2.24, 2.45) is 0 Å². The Hall–Kier alpha value is -1.22. The van der Waals surface area contributed by atoms with Gasteiger partial charge in [0.15, 0.2) is 0 Å². The number of phenolic OH excluding ortho intramolecular Hbond substituents is 2. The molecule has 2 atom stereocenters. The summed E-state index contributed by atoms with van der Waals surface area (Å²) in [4.78, 5) is 2.36. The van der Waals surface area contributed by atoms with Crippen LogP contribution in [-0.2, 0) is 0 Å². The Kier molecular flexibility index (Phi) is 4.82. The highest BCUT2D eigenvalue weighted by Crippen LogP contribution is 2.29. The maximum atomic E-state index is 9.51. The van der Waals surface area contributed by atoms with Gasteiger partial charge in [-0.25, -0.2) is 0 Å². The predicted octanol–water partition coefficient (Wildman–Crippen LogP) is 3.28. The second-order valence-corrected chi connectivity index (χ2v) is 4.55. The van der Waals surface area contributed by atoms with Gasteiger partial charge in [-0.15, -0.1) is 0 Å². The lowest BCUT2D eigenvalue weighted by Crippen LogP contribution is -2.34. The van der Waals surface area contributed by atoms with Gasteiger partial charge >= 0.3 is 0 Å². The summed E-state index contributed by atoms with van der Waals surface area (Å²) >= 11 is 0. The minimum Gasteiger partial charge on any atom is -0.508 e. The molecule has 2 unspecified atom stereocenters. The minimum absolute atomic E-state index is 0.118. The van der Waals surface area contributed by atoms with E-state index < -0.39 is 0 Å². The van der Waals surface area contributed by atoms with E-state index in [0.29, 0.717) is 6.04 Å². The molecule has 3 nitrogen and oxygen atoms in total. The Bertz CT molecular complexity index is 345. The molecule has 17 heavy (non-hydrogen) atoms. The first kappa shape index (κ1) is 13.8. The van der Waals surface area contributed by atoms with Crippen molar-refractivity contribution < 1.29 is 10.2 Å². The number of benzene rings is 1. The van der Waals surface area contributed by atoms with Crippen LogP contribution in [0.2, 0.25) is 0 Å². The number of hydrogen-bond acceptors (Lipinski definition) is 3. The van der Waals surface area contributed by atoms with Crippen molar-refractivity contribution >= 4 is 0 Å². The zero-order chi connectivity index (χ0) is 13.0. The molecule has 0 aliphatic heterocycles. The third-order valence-electron chi connectivity index (χ3n) is 3.43. The number of aromatic hydroxyl groups is 2. The Labute approximate surface area is 104 Å². The molecule has 1 rings (SSSR count). The van der Waals surface area contributed by atoms with Crippen molar-refractivity contribution in [1.29, 1.82) is 0 Å². The van der Waals surface area contributed by atoms with Crippen LogP contribution in [0.3, 0.4) is 0 Å². The van der Waals surface area contributed by atoms with Crippen LogP contribution in [0.15, 0.2) is 18.2 Å². The maximum Gasteiger partial charge on any atom is 0.119 e. The van der Waals surface area contributed by atoms with Crippen LogP contribution in [0.4, 0.5) is 0 Å². The Morgan fingerprint density at radius 3 is 2.00 bits per heavy atom. The molecular formula is C14H23NO2. The van der Waals surface area contributed by atoms with Crippen LogP contribution in [0.25, 0.3) is 0 Å². The molecule has 0 amide bonds. The van der Waals surface area contributed by atoms with Gasteiger partial charge in [0.25, 0.3) is 0 Å². The second-order valence-electron chi connectivity index (χ2n) is 4.55. The molecule has 0 aromatic heterocycles. The average molecular weight is 237 g/mol. The molecule has 0 spiro atoms. The van der Waals surface area contributed by atoms with Crippen LogP contribution in [0.1, 0.15) is 45.7 Å². The first-order chi connectivity index (χ1) is 7.99. The molecule has 3 heteroatoms. The zero-order valence-corrected chi connectivity index (χ0v) is 11.1. The van der Waals surface area contributed by atoms with E-state index in [0.717, 1.165) is 18.5 Å². The molecule has 96 valence electrons. The van der Waals surface area contributed by atoms with Gasteiger partial charge in [-0.1, -0.05) is 13.8 Å². The third-order valence-corrected chi connectivity index (χ3v) is 3.43. The minimum atomic E-state index is 0.118. The van der Waals surface area contributed by atoms with E-state index in [9.17, 15) is 10.2 Å². The molecule has 0 radical (unpaired) electrons. The summed E-state index contributed by atoms with van der Waals surface area (Å²) in [5.41, 5.74) is 0.949. The fourth-order valence-electron chi connectivity index (χ4n) is 2.25. The predicted molar refractivity (Wildman–Crippen MR) is 70.3 cm³/mol. The van der Waals surface area contributed by atoms with Crippen LogP contribution in [-0.4, -0.2) is 27.7 Å². The van der Waals surface area contributed by atoms with Crippen LogP contribution in [0.5, 0.6) is 11.5 Å². The van der Waals surface area contributed by atoms with Crippen molar-refractivity contribution in [1.82, 2.24) is 4.90 Å². The highest BCUT2D eigenvalue weighted by atomic mass is 16.3. The Morgan fingerprint density at radius 1 is 1.06 bits per heavy atom. The van der Waals surface area contributed by atoms with Gasteiger partial charge in [-0.05, 0) is 44.5 Å². The standard InChI is InChI=1S/C14H23NO2/c1-5-10(3)15(6-2)11(4)12-7-13(16)9-14(17)8-12/h7-11,16-17H,5-6H2,1-4H3. The van der Waals surface area contributed by atoms with Gasteiger partial charge in [0.1, 0.15) is 11.5 Å². The lowest BCUT2D eigenvalue weighted by Gasteiger charge is -2.33. The molecule has 0 aliphatic carbocycles. The largest absolute Gasteiger partial charge is 0.508 e. The van der Waals surface area contributed by atoms with Gasteiger partial charge < -0.3 is 10.2 Å². The lowest BCUT2D eigenvalue weighted by molar-refractivity contribution is 0.159. The van der Waals surface area contributed by atoms with Crippen molar-refractivity contribution in [3.8, 4) is 11.5 Å². The number of phenols is 2. The molecular weight excluding hydrogens is 214 g/mol. The highest BCUT2D eigenvalue weighted by molar-refractivity contribution is 5.38. The van der Waals surface area contributed by atoms with Gasteiger partial charge in [-0.2, -0.15) is 0 Å². The van der Waals surface area contributed by atoms with Crippen molar-refractivity contribution in [2.75, 3.05) is 6.54 Å². The van der Waals surface area contributed by atoms with Gasteiger partial charge in [-0.3, -0.25) is 4.90 Å². The number of nitrogens with zero attached hydrogens (tertiary/aromatic N) is 1. The molecule has 2 N–H and O–H groups in total. The molecule has 0 heterocycles. The summed E-state index contributed by atoms with van der Waals surface area (Å²) in [5, 5.41) is 19.0. The van der Waals surface area contributed by atoms with E-state index in [2.05, 4.69) is 32.6 Å². The molecule has 0 saturated heterocycles. The Morgan fingerprint density at radius 2 is 1.59 bits per heavy atom. The normalized spacial score (nSPS) is 14.9. The average Bonchev–Trinajstić information content (AvgIpc) is 2.28. The molecule has 0 saturated carbocycles. The van der Waals surface area contributed by atoms with E-state index in [1.807, 2.05) is 0 Å². The SMILES string of the molecule is CCC(C)N(CC)C(C)c1cc(O)cc(O)c1.